The van der Waals surface area contributed by atoms with Crippen LogP contribution in [0.3, 0.4) is 0 Å². The highest BCUT2D eigenvalue weighted by Gasteiger charge is 2.37. The molecule has 150 valence electrons. The fraction of sp³-hybridized carbons (Fsp3) is 0.192. The monoisotopic (exact) mass is 458 g/mol. The van der Waals surface area contributed by atoms with E-state index in [1.807, 2.05) is 24.4 Å². The van der Waals surface area contributed by atoms with Gasteiger partial charge in [0.25, 0.3) is 0 Å². The van der Waals surface area contributed by atoms with Crippen molar-refractivity contribution < 1.29 is 4.74 Å². The van der Waals surface area contributed by atoms with Crippen molar-refractivity contribution in [3.8, 4) is 5.75 Å². The predicted octanol–water partition coefficient (Wildman–Crippen LogP) is 7.03. The Balaban J connectivity index is 1.36. The highest BCUT2D eigenvalue weighted by atomic mass is 79.9. The molecule has 3 aromatic rings. The fourth-order valence-electron chi connectivity index (χ4n) is 4.55. The Morgan fingerprint density at radius 3 is 2.70 bits per heavy atom. The molecule has 2 aliphatic rings. The van der Waals surface area contributed by atoms with Gasteiger partial charge in [0.15, 0.2) is 0 Å². The summed E-state index contributed by atoms with van der Waals surface area (Å²) in [5.74, 6) is 1.88. The van der Waals surface area contributed by atoms with Crippen molar-refractivity contribution in [2.75, 3.05) is 12.4 Å². The van der Waals surface area contributed by atoms with Gasteiger partial charge in [-0.1, -0.05) is 42.5 Å². The van der Waals surface area contributed by atoms with Crippen molar-refractivity contribution >= 4 is 33.5 Å². The van der Waals surface area contributed by atoms with Gasteiger partial charge in [-0.3, -0.25) is 4.99 Å². The highest BCUT2D eigenvalue weighted by Crippen LogP contribution is 2.49. The smallest absolute Gasteiger partial charge is 0.133 e. The Morgan fingerprint density at radius 1 is 1.07 bits per heavy atom. The molecule has 1 heterocycles. The van der Waals surface area contributed by atoms with E-state index in [1.54, 1.807) is 7.11 Å². The van der Waals surface area contributed by atoms with Crippen LogP contribution in [0.5, 0.6) is 5.75 Å². The number of ether oxygens (including phenoxy) is 1. The van der Waals surface area contributed by atoms with Crippen LogP contribution in [0, 0.1) is 5.92 Å². The molecule has 1 aliphatic heterocycles. The standard InChI is InChI=1S/C26H23BrN2O/c1-30-25-14-9-17(15-23(25)27)16-28-19-12-10-18(11-13-19)26-22-7-4-6-20(22)21-5-2-3-8-24(21)29-26/h2-6,8-16,20,22,26,29H,7H2,1H3/t20-,22+,26+/m1/s1. The van der Waals surface area contributed by atoms with Crippen molar-refractivity contribution in [2.24, 2.45) is 10.9 Å². The SMILES string of the molecule is COc1ccc(C=Nc2ccc([C@@H]3Nc4ccccc4[C@H]4C=CC[C@@H]43)cc2)cc1Br. The van der Waals surface area contributed by atoms with Crippen LogP contribution in [0.2, 0.25) is 0 Å². The Bertz CT molecular complexity index is 1120. The van der Waals surface area contributed by atoms with Crippen LogP contribution in [0.15, 0.2) is 88.3 Å². The van der Waals surface area contributed by atoms with Gasteiger partial charge in [0.1, 0.15) is 5.75 Å². The number of para-hydroxylation sites is 1. The highest BCUT2D eigenvalue weighted by molar-refractivity contribution is 9.10. The summed E-state index contributed by atoms with van der Waals surface area (Å²) in [4.78, 5) is 4.64. The van der Waals surface area contributed by atoms with Crippen molar-refractivity contribution in [3.63, 3.8) is 0 Å². The summed E-state index contributed by atoms with van der Waals surface area (Å²) in [6.45, 7) is 0. The third-order valence-corrected chi connectivity index (χ3v) is 6.68. The molecule has 1 N–H and O–H groups in total. The van der Waals surface area contributed by atoms with E-state index in [2.05, 4.69) is 86.9 Å². The van der Waals surface area contributed by atoms with Gasteiger partial charge in [-0.25, -0.2) is 0 Å². The molecule has 0 fully saturated rings. The molecule has 3 atom stereocenters. The van der Waals surface area contributed by atoms with E-state index >= 15 is 0 Å². The molecule has 0 unspecified atom stereocenters. The molecule has 0 spiro atoms. The zero-order valence-electron chi connectivity index (χ0n) is 16.8. The van der Waals surface area contributed by atoms with E-state index in [0.717, 1.165) is 27.9 Å². The summed E-state index contributed by atoms with van der Waals surface area (Å²) in [5, 5.41) is 3.78. The number of anilines is 1. The number of nitrogens with zero attached hydrogens (tertiary/aromatic N) is 1. The Hall–Kier alpha value is -2.85. The second-order valence-corrected chi connectivity index (χ2v) is 8.66. The molecule has 0 aromatic heterocycles. The van der Waals surface area contributed by atoms with Gasteiger partial charge in [-0.15, -0.1) is 0 Å². The molecule has 3 nitrogen and oxygen atoms in total. The largest absolute Gasteiger partial charge is 0.496 e. The van der Waals surface area contributed by atoms with Gasteiger partial charge in [0, 0.05) is 17.8 Å². The van der Waals surface area contributed by atoms with Gasteiger partial charge in [-0.05, 0) is 81.4 Å². The summed E-state index contributed by atoms with van der Waals surface area (Å²) in [5.41, 5.74) is 5.95. The first-order valence-electron chi connectivity index (χ1n) is 10.2. The maximum atomic E-state index is 5.28. The average molecular weight is 459 g/mol. The predicted molar refractivity (Wildman–Crippen MR) is 127 cm³/mol. The number of hydrogen-bond donors (Lipinski definition) is 1. The third-order valence-electron chi connectivity index (χ3n) is 6.06. The van der Waals surface area contributed by atoms with Crippen LogP contribution in [-0.2, 0) is 0 Å². The molecule has 0 saturated heterocycles. The summed E-state index contributed by atoms with van der Waals surface area (Å²) in [6.07, 6.45) is 7.70. The van der Waals surface area contributed by atoms with E-state index in [4.69, 9.17) is 4.74 Å². The number of allylic oxidation sites excluding steroid dienone is 2. The number of methoxy groups -OCH3 is 1. The summed E-state index contributed by atoms with van der Waals surface area (Å²) in [6, 6.07) is 23.6. The van der Waals surface area contributed by atoms with E-state index in [-0.39, 0.29) is 0 Å². The number of halogens is 1. The molecule has 3 aromatic carbocycles. The first-order chi connectivity index (χ1) is 14.7. The van der Waals surface area contributed by atoms with E-state index < -0.39 is 0 Å². The van der Waals surface area contributed by atoms with E-state index in [9.17, 15) is 0 Å². The first-order valence-corrected chi connectivity index (χ1v) is 11.0. The van der Waals surface area contributed by atoms with Crippen LogP contribution in [0.4, 0.5) is 11.4 Å². The number of fused-ring (bicyclic) bond motifs is 3. The molecular weight excluding hydrogens is 436 g/mol. The van der Waals surface area contributed by atoms with Gasteiger partial charge < -0.3 is 10.1 Å². The minimum Gasteiger partial charge on any atom is -0.496 e. The zero-order valence-corrected chi connectivity index (χ0v) is 18.3. The van der Waals surface area contributed by atoms with E-state index in [1.165, 1.54) is 16.8 Å². The van der Waals surface area contributed by atoms with E-state index in [0.29, 0.717) is 17.9 Å². The molecule has 0 amide bonds. The van der Waals surface area contributed by atoms with Crippen LogP contribution >= 0.6 is 15.9 Å². The summed E-state index contributed by atoms with van der Waals surface area (Å²) < 4.78 is 6.21. The van der Waals surface area contributed by atoms with Crippen molar-refractivity contribution in [1.82, 2.24) is 0 Å². The second-order valence-electron chi connectivity index (χ2n) is 7.81. The average Bonchev–Trinajstić information content (AvgIpc) is 3.28. The molecule has 5 rings (SSSR count). The number of benzene rings is 3. The molecule has 30 heavy (non-hydrogen) atoms. The van der Waals surface area contributed by atoms with Crippen LogP contribution in [0.25, 0.3) is 0 Å². The van der Waals surface area contributed by atoms with Crippen LogP contribution < -0.4 is 10.1 Å². The number of rotatable bonds is 4. The van der Waals surface area contributed by atoms with Gasteiger partial charge >= 0.3 is 0 Å². The number of nitrogens with one attached hydrogen (secondary N) is 1. The minimum atomic E-state index is 0.315. The molecule has 0 radical (unpaired) electrons. The lowest BCUT2D eigenvalue weighted by Gasteiger charge is -2.37. The van der Waals surface area contributed by atoms with Crippen LogP contribution in [0.1, 0.15) is 35.1 Å². The number of hydrogen-bond acceptors (Lipinski definition) is 3. The maximum Gasteiger partial charge on any atom is 0.133 e. The van der Waals surface area contributed by atoms with Crippen molar-refractivity contribution in [2.45, 2.75) is 18.4 Å². The van der Waals surface area contributed by atoms with Gasteiger partial charge in [-0.2, -0.15) is 0 Å². The third kappa shape index (κ3) is 3.56. The molecule has 0 bridgehead atoms. The molecule has 1 aliphatic carbocycles. The Labute approximate surface area is 185 Å². The Morgan fingerprint density at radius 2 is 1.90 bits per heavy atom. The first kappa shape index (κ1) is 19.1. The van der Waals surface area contributed by atoms with Crippen molar-refractivity contribution in [3.05, 3.63) is 100 Å². The lowest BCUT2D eigenvalue weighted by atomic mass is 9.77. The summed E-state index contributed by atoms with van der Waals surface area (Å²) in [7, 11) is 1.67. The lowest BCUT2D eigenvalue weighted by Crippen LogP contribution is -2.28. The molecule has 0 saturated carbocycles. The van der Waals surface area contributed by atoms with Crippen LogP contribution in [-0.4, -0.2) is 13.3 Å². The van der Waals surface area contributed by atoms with Gasteiger partial charge in [0.05, 0.1) is 23.3 Å². The topological polar surface area (TPSA) is 33.6 Å². The fourth-order valence-corrected chi connectivity index (χ4v) is 5.11. The zero-order chi connectivity index (χ0) is 20.5. The second kappa shape index (κ2) is 8.11. The normalized spacial score (nSPS) is 21.9. The Kier molecular flexibility index (Phi) is 5.17. The lowest BCUT2D eigenvalue weighted by molar-refractivity contribution is 0.412. The summed E-state index contributed by atoms with van der Waals surface area (Å²) >= 11 is 3.52. The quantitative estimate of drug-likeness (QED) is 0.336. The van der Waals surface area contributed by atoms with Gasteiger partial charge in [0.2, 0.25) is 0 Å². The molecular formula is C26H23BrN2O. The number of aliphatic imine (C=N–C) groups is 1. The molecule has 4 heteroatoms. The van der Waals surface area contributed by atoms with Crippen molar-refractivity contribution in [1.29, 1.82) is 0 Å². The minimum absolute atomic E-state index is 0.315. The maximum absolute atomic E-state index is 5.28.